The molecule has 1 amide bonds. The minimum absolute atomic E-state index is 0.204. The Bertz CT molecular complexity index is 1160. The van der Waals surface area contributed by atoms with Gasteiger partial charge < -0.3 is 0 Å². The Labute approximate surface area is 188 Å². The van der Waals surface area contributed by atoms with Gasteiger partial charge in [0.25, 0.3) is 5.91 Å². The number of amides is 1. The molecule has 1 aliphatic rings. The van der Waals surface area contributed by atoms with E-state index in [-0.39, 0.29) is 11.1 Å². The number of pyridine rings is 1. The minimum Gasteiger partial charge on any atom is -0.268 e. The molecule has 2 aromatic carbocycles. The predicted octanol–water partition coefficient (Wildman–Crippen LogP) is 6.67. The number of carbonyl (C=O) groups is 1. The molecule has 1 saturated heterocycles. The van der Waals surface area contributed by atoms with E-state index in [1.54, 1.807) is 29.3 Å². The van der Waals surface area contributed by atoms with E-state index in [1.165, 1.54) is 11.8 Å². The number of anilines is 1. The van der Waals surface area contributed by atoms with Crippen LogP contribution in [-0.2, 0) is 4.79 Å². The van der Waals surface area contributed by atoms with E-state index in [2.05, 4.69) is 9.98 Å². The highest BCUT2D eigenvalue weighted by atomic mass is 35.5. The maximum Gasteiger partial charge on any atom is 0.271 e. The molecule has 1 aromatic heterocycles. The van der Waals surface area contributed by atoms with Crippen LogP contribution < -0.4 is 4.90 Å². The first-order chi connectivity index (χ1) is 14.6. The van der Waals surface area contributed by atoms with Crippen molar-refractivity contribution in [2.45, 2.75) is 0 Å². The number of halogens is 2. The van der Waals surface area contributed by atoms with Crippen molar-refractivity contribution < 1.29 is 4.79 Å². The number of aromatic nitrogens is 1. The van der Waals surface area contributed by atoms with Crippen LogP contribution in [0.15, 0.2) is 100.0 Å². The second-order valence-electron chi connectivity index (χ2n) is 6.23. The molecule has 30 heavy (non-hydrogen) atoms. The molecule has 4 rings (SSSR count). The molecule has 0 bridgehead atoms. The van der Waals surface area contributed by atoms with Crippen LogP contribution in [0.4, 0.5) is 11.4 Å². The Morgan fingerprint density at radius 3 is 2.40 bits per heavy atom. The average molecular weight is 452 g/mol. The first-order valence-corrected chi connectivity index (χ1v) is 10.6. The highest BCUT2D eigenvalue weighted by Gasteiger charge is 2.35. The number of nitrogens with zero attached hydrogens (tertiary/aromatic N) is 3. The Morgan fingerprint density at radius 1 is 1.00 bits per heavy atom. The molecule has 0 radical (unpaired) electrons. The summed E-state index contributed by atoms with van der Waals surface area (Å²) < 4.78 is 0. The lowest BCUT2D eigenvalue weighted by atomic mass is 10.2. The molecular weight excluding hydrogens is 437 g/mol. The summed E-state index contributed by atoms with van der Waals surface area (Å²) in [4.78, 5) is 23.9. The van der Waals surface area contributed by atoms with Crippen LogP contribution in [0, 0.1) is 0 Å². The molecule has 0 saturated carbocycles. The maximum absolute atomic E-state index is 13.2. The minimum atomic E-state index is -0.204. The number of aliphatic imine (C=N–C) groups is 1. The van der Waals surface area contributed by atoms with Crippen molar-refractivity contribution in [3.63, 3.8) is 0 Å². The first-order valence-electron chi connectivity index (χ1n) is 9.02. The van der Waals surface area contributed by atoms with Gasteiger partial charge in [-0.3, -0.25) is 9.69 Å². The number of amidine groups is 1. The topological polar surface area (TPSA) is 45.6 Å². The van der Waals surface area contributed by atoms with Crippen LogP contribution in [-0.4, -0.2) is 16.1 Å². The monoisotopic (exact) mass is 451 g/mol. The van der Waals surface area contributed by atoms with Gasteiger partial charge in [0.15, 0.2) is 10.3 Å². The van der Waals surface area contributed by atoms with E-state index in [0.29, 0.717) is 26.5 Å². The molecule has 2 heterocycles. The molecule has 0 N–H and O–H groups in total. The van der Waals surface area contributed by atoms with Crippen LogP contribution in [0.3, 0.4) is 0 Å². The smallest absolute Gasteiger partial charge is 0.268 e. The van der Waals surface area contributed by atoms with Crippen LogP contribution >= 0.6 is 35.0 Å². The standard InChI is InChI=1S/C23H15Cl2N3OS/c24-17(14-16-8-3-1-4-9-16)15-20-22(29)28(18-10-5-2-6-11-18)23(30-20)27-19-12-7-13-26-21(19)25/h1-15H/b17-14-,20-15-,27-23?. The van der Waals surface area contributed by atoms with Gasteiger partial charge in [0.2, 0.25) is 0 Å². The van der Waals surface area contributed by atoms with E-state index in [4.69, 9.17) is 23.2 Å². The number of carbonyl (C=O) groups excluding carboxylic acids is 1. The molecule has 7 heteroatoms. The molecular formula is C23H15Cl2N3OS. The second-order valence-corrected chi connectivity index (χ2v) is 8.04. The third kappa shape index (κ3) is 4.65. The summed E-state index contributed by atoms with van der Waals surface area (Å²) >= 11 is 13.8. The van der Waals surface area contributed by atoms with Crippen molar-refractivity contribution in [1.82, 2.24) is 4.98 Å². The molecule has 1 aliphatic heterocycles. The number of thioether (sulfide) groups is 1. The fourth-order valence-electron chi connectivity index (χ4n) is 2.79. The molecule has 4 nitrogen and oxygen atoms in total. The third-order valence-electron chi connectivity index (χ3n) is 4.15. The van der Waals surface area contributed by atoms with Crippen LogP contribution in [0.5, 0.6) is 0 Å². The summed E-state index contributed by atoms with van der Waals surface area (Å²) in [6.45, 7) is 0. The summed E-state index contributed by atoms with van der Waals surface area (Å²) in [6, 6.07) is 22.5. The van der Waals surface area contributed by atoms with E-state index < -0.39 is 0 Å². The summed E-state index contributed by atoms with van der Waals surface area (Å²) in [5.41, 5.74) is 2.15. The number of allylic oxidation sites excluding steroid dienone is 2. The van der Waals surface area contributed by atoms with Crippen molar-refractivity contribution in [1.29, 1.82) is 0 Å². The fraction of sp³-hybridized carbons (Fsp3) is 0. The molecule has 148 valence electrons. The molecule has 3 aromatic rings. The highest BCUT2D eigenvalue weighted by Crippen LogP contribution is 2.38. The van der Waals surface area contributed by atoms with Crippen molar-refractivity contribution in [3.05, 3.63) is 106 Å². The normalized spacial score (nSPS) is 17.2. The van der Waals surface area contributed by atoms with Crippen LogP contribution in [0.2, 0.25) is 5.15 Å². The van der Waals surface area contributed by atoms with Crippen LogP contribution in [0.25, 0.3) is 6.08 Å². The summed E-state index contributed by atoms with van der Waals surface area (Å²) in [7, 11) is 0. The van der Waals surface area contributed by atoms with E-state index >= 15 is 0 Å². The molecule has 0 aliphatic carbocycles. The Balaban J connectivity index is 1.73. The lowest BCUT2D eigenvalue weighted by Gasteiger charge is -2.15. The zero-order valence-electron chi connectivity index (χ0n) is 15.6. The predicted molar refractivity (Wildman–Crippen MR) is 126 cm³/mol. The lowest BCUT2D eigenvalue weighted by Crippen LogP contribution is -2.28. The zero-order chi connectivity index (χ0) is 20.9. The largest absolute Gasteiger partial charge is 0.271 e. The lowest BCUT2D eigenvalue weighted by molar-refractivity contribution is -0.113. The quantitative estimate of drug-likeness (QED) is 0.328. The molecule has 0 atom stereocenters. The Hall–Kier alpha value is -2.86. The van der Waals surface area contributed by atoms with E-state index in [1.807, 2.05) is 66.7 Å². The van der Waals surface area contributed by atoms with Crippen molar-refractivity contribution in [2.24, 2.45) is 4.99 Å². The first kappa shape index (κ1) is 20.4. The van der Waals surface area contributed by atoms with Gasteiger partial charge in [-0.25, -0.2) is 9.98 Å². The van der Waals surface area contributed by atoms with Gasteiger partial charge in [0.1, 0.15) is 5.69 Å². The van der Waals surface area contributed by atoms with Crippen molar-refractivity contribution in [3.8, 4) is 0 Å². The second kappa shape index (κ2) is 9.30. The maximum atomic E-state index is 13.2. The van der Waals surface area contributed by atoms with Gasteiger partial charge >= 0.3 is 0 Å². The number of rotatable bonds is 4. The van der Waals surface area contributed by atoms with Crippen LogP contribution in [0.1, 0.15) is 5.56 Å². The molecule has 0 unspecified atom stereocenters. The number of para-hydroxylation sites is 1. The van der Waals surface area contributed by atoms with Crippen molar-refractivity contribution in [2.75, 3.05) is 4.90 Å². The SMILES string of the molecule is O=C1/C(=C/C(Cl)=C/c2ccccc2)SC(=Nc2cccnc2Cl)N1c1ccccc1. The fourth-order valence-corrected chi connectivity index (χ4v) is 4.24. The summed E-state index contributed by atoms with van der Waals surface area (Å²) in [5.74, 6) is -0.204. The number of hydrogen-bond donors (Lipinski definition) is 0. The van der Waals surface area contributed by atoms with Gasteiger partial charge in [-0.2, -0.15) is 0 Å². The zero-order valence-corrected chi connectivity index (χ0v) is 17.9. The molecule has 0 spiro atoms. The Morgan fingerprint density at radius 2 is 1.70 bits per heavy atom. The molecule has 1 fully saturated rings. The van der Waals surface area contributed by atoms with E-state index in [0.717, 1.165) is 5.56 Å². The van der Waals surface area contributed by atoms with Gasteiger partial charge in [0.05, 0.1) is 10.6 Å². The number of benzene rings is 2. The third-order valence-corrected chi connectivity index (χ3v) is 5.63. The van der Waals surface area contributed by atoms with Gasteiger partial charge in [-0.15, -0.1) is 0 Å². The van der Waals surface area contributed by atoms with E-state index in [9.17, 15) is 4.79 Å². The van der Waals surface area contributed by atoms with Crippen molar-refractivity contribution >= 4 is 63.5 Å². The Kier molecular flexibility index (Phi) is 6.33. The average Bonchev–Trinajstić information content (AvgIpc) is 3.05. The van der Waals surface area contributed by atoms with Gasteiger partial charge in [-0.05, 0) is 53.7 Å². The van der Waals surface area contributed by atoms with Gasteiger partial charge in [-0.1, -0.05) is 71.7 Å². The number of hydrogen-bond acceptors (Lipinski definition) is 4. The summed E-state index contributed by atoms with van der Waals surface area (Å²) in [5, 5.41) is 1.20. The van der Waals surface area contributed by atoms with Gasteiger partial charge in [0, 0.05) is 11.2 Å². The summed E-state index contributed by atoms with van der Waals surface area (Å²) in [6.07, 6.45) is 5.06. The highest BCUT2D eigenvalue weighted by molar-refractivity contribution is 8.19.